The Morgan fingerprint density at radius 3 is 2.06 bits per heavy atom. The Balaban J connectivity index is 1.84. The van der Waals surface area contributed by atoms with Gasteiger partial charge in [0.2, 0.25) is 0 Å². The molecule has 0 aliphatic rings. The van der Waals surface area contributed by atoms with Gasteiger partial charge in [0.1, 0.15) is 28.8 Å². The van der Waals surface area contributed by atoms with Crippen molar-refractivity contribution in [2.45, 2.75) is 26.2 Å². The van der Waals surface area contributed by atoms with Gasteiger partial charge in [0.05, 0.1) is 6.26 Å². The van der Waals surface area contributed by atoms with E-state index in [-0.39, 0.29) is 17.2 Å². The van der Waals surface area contributed by atoms with Gasteiger partial charge in [-0.05, 0) is 35.7 Å². The van der Waals surface area contributed by atoms with Crippen molar-refractivity contribution in [1.29, 1.82) is 0 Å². The van der Waals surface area contributed by atoms with Crippen molar-refractivity contribution in [3.8, 4) is 22.6 Å². The fourth-order valence-electron chi connectivity index (χ4n) is 3.19. The van der Waals surface area contributed by atoms with Gasteiger partial charge in [-0.15, -0.1) is 0 Å². The van der Waals surface area contributed by atoms with Crippen molar-refractivity contribution < 1.29 is 45.0 Å². The van der Waals surface area contributed by atoms with Gasteiger partial charge in [-0.3, -0.25) is 0 Å². The van der Waals surface area contributed by atoms with Crippen LogP contribution in [-0.2, 0) is 6.42 Å². The van der Waals surface area contributed by atoms with Crippen molar-refractivity contribution in [2.24, 2.45) is 0 Å². The summed E-state index contributed by atoms with van der Waals surface area (Å²) in [5.41, 5.74) is -0.732. The molecule has 0 saturated carbocycles. The number of aryl methyl sites for hydroxylation is 1. The number of halogens is 7. The Morgan fingerprint density at radius 1 is 0.886 bits per heavy atom. The second-order valence-electron chi connectivity index (χ2n) is 7.27. The first-order valence-corrected chi connectivity index (χ1v) is 10.2. The summed E-state index contributed by atoms with van der Waals surface area (Å²) in [7, 11) is 0. The number of ether oxygens (including phenoxy) is 2. The van der Waals surface area contributed by atoms with Gasteiger partial charge < -0.3 is 9.47 Å². The Kier molecular flexibility index (Phi) is 8.16. The molecule has 0 N–H and O–H groups in total. The van der Waals surface area contributed by atoms with Crippen LogP contribution < -0.4 is 9.47 Å². The average Bonchev–Trinajstić information content (AvgIpc) is 2.75. The quantitative estimate of drug-likeness (QED) is 0.141. The van der Waals surface area contributed by atoms with E-state index in [4.69, 9.17) is 0 Å². The molecule has 0 aromatic heterocycles. The lowest BCUT2D eigenvalue weighted by Gasteiger charge is -2.11. The molecule has 0 unspecified atom stereocenters. The first-order chi connectivity index (χ1) is 16.6. The topological polar surface area (TPSA) is 35.5 Å². The Bertz CT molecular complexity index is 1230. The van der Waals surface area contributed by atoms with Gasteiger partial charge in [0, 0.05) is 23.8 Å². The van der Waals surface area contributed by atoms with Crippen molar-refractivity contribution in [3.05, 3.63) is 95.0 Å². The minimum atomic E-state index is -2.92. The van der Waals surface area contributed by atoms with Crippen LogP contribution in [0.1, 0.15) is 29.3 Å². The average molecular weight is 498 g/mol. The van der Waals surface area contributed by atoms with Crippen LogP contribution in [0.3, 0.4) is 0 Å². The zero-order valence-electron chi connectivity index (χ0n) is 18.1. The van der Waals surface area contributed by atoms with E-state index in [0.29, 0.717) is 30.4 Å². The number of allylic oxidation sites excluding steroid dienone is 1. The van der Waals surface area contributed by atoms with E-state index < -0.39 is 58.5 Å². The van der Waals surface area contributed by atoms with Crippen molar-refractivity contribution in [3.63, 3.8) is 0 Å². The molecular weight excluding hydrogens is 481 g/mol. The van der Waals surface area contributed by atoms with Crippen LogP contribution in [0.5, 0.6) is 11.5 Å². The van der Waals surface area contributed by atoms with E-state index in [1.165, 1.54) is 12.1 Å². The van der Waals surface area contributed by atoms with Gasteiger partial charge in [-0.25, -0.2) is 35.5 Å². The van der Waals surface area contributed by atoms with E-state index in [0.717, 1.165) is 18.6 Å². The fraction of sp³-hybridized carbons (Fsp3) is 0.160. The number of benzene rings is 3. The van der Waals surface area contributed by atoms with E-state index in [1.807, 2.05) is 6.92 Å². The fourth-order valence-corrected chi connectivity index (χ4v) is 3.19. The minimum Gasteiger partial charge on any atom is -0.459 e. The molecule has 0 amide bonds. The summed E-state index contributed by atoms with van der Waals surface area (Å²) in [6, 6.07) is 6.60. The molecule has 0 atom stereocenters. The van der Waals surface area contributed by atoms with E-state index in [2.05, 4.69) is 9.47 Å². The number of esters is 1. The molecule has 0 aliphatic carbocycles. The molecular formula is C25H17F7O3. The first kappa shape index (κ1) is 25.8. The Morgan fingerprint density at radius 2 is 1.51 bits per heavy atom. The van der Waals surface area contributed by atoms with E-state index in [1.54, 1.807) is 6.07 Å². The molecule has 0 heterocycles. The summed E-state index contributed by atoms with van der Waals surface area (Å²) in [5.74, 6) is -9.78. The predicted molar refractivity (Wildman–Crippen MR) is 113 cm³/mol. The van der Waals surface area contributed by atoms with Crippen molar-refractivity contribution in [2.75, 3.05) is 0 Å². The third-order valence-corrected chi connectivity index (χ3v) is 4.72. The van der Waals surface area contributed by atoms with Gasteiger partial charge in [0.15, 0.2) is 17.4 Å². The van der Waals surface area contributed by atoms with Gasteiger partial charge >= 0.3 is 5.97 Å². The van der Waals surface area contributed by atoms with Crippen LogP contribution in [0.15, 0.2) is 54.8 Å². The second-order valence-corrected chi connectivity index (χ2v) is 7.27. The zero-order chi connectivity index (χ0) is 25.7. The Labute approximate surface area is 195 Å². The zero-order valence-corrected chi connectivity index (χ0v) is 18.1. The smallest absolute Gasteiger partial charge is 0.349 e. The number of hydrogen-bond acceptors (Lipinski definition) is 3. The van der Waals surface area contributed by atoms with Crippen LogP contribution >= 0.6 is 0 Å². The molecule has 0 aliphatic heterocycles. The summed E-state index contributed by atoms with van der Waals surface area (Å²) in [5, 5.41) is 0. The highest BCUT2D eigenvalue weighted by Gasteiger charge is 2.23. The van der Waals surface area contributed by atoms with E-state index in [9.17, 15) is 35.5 Å². The third-order valence-electron chi connectivity index (χ3n) is 4.72. The molecule has 0 saturated heterocycles. The van der Waals surface area contributed by atoms with Crippen LogP contribution in [0.4, 0.5) is 30.7 Å². The molecule has 35 heavy (non-hydrogen) atoms. The maximum Gasteiger partial charge on any atom is 0.349 e. The SMILES string of the molecule is CCCc1ccc(-c2cc(F)c(C(=O)Oc3cc(F)c(OC=CC(F)F)c(F)c3)c(F)c2)c(F)c1. The normalized spacial score (nSPS) is 11.3. The maximum atomic E-state index is 14.6. The summed E-state index contributed by atoms with van der Waals surface area (Å²) < 4.78 is 105. The van der Waals surface area contributed by atoms with Crippen LogP contribution in [-0.4, -0.2) is 12.4 Å². The molecule has 184 valence electrons. The lowest BCUT2D eigenvalue weighted by atomic mass is 9.99. The molecule has 3 rings (SSSR count). The highest BCUT2D eigenvalue weighted by Crippen LogP contribution is 2.30. The maximum absolute atomic E-state index is 14.6. The van der Waals surface area contributed by atoms with Gasteiger partial charge in [-0.1, -0.05) is 25.5 Å². The molecule has 10 heteroatoms. The van der Waals surface area contributed by atoms with Gasteiger partial charge in [-0.2, -0.15) is 0 Å². The number of alkyl halides is 2. The van der Waals surface area contributed by atoms with Crippen LogP contribution in [0.2, 0.25) is 0 Å². The summed E-state index contributed by atoms with van der Waals surface area (Å²) in [6.45, 7) is 1.91. The second kappa shape index (κ2) is 11.1. The summed E-state index contributed by atoms with van der Waals surface area (Å²) in [4.78, 5) is 12.3. The third kappa shape index (κ3) is 6.20. The standard InChI is InChI=1S/C25H17F7O3/c1-2-3-13-4-5-16(17(26)8-13)14-9-18(27)23(19(28)10-14)25(33)35-15-11-20(29)24(21(30)12-15)34-7-6-22(31)32/h4-12,22H,2-3H2,1H3. The van der Waals surface area contributed by atoms with E-state index >= 15 is 0 Å². The van der Waals surface area contributed by atoms with Crippen molar-refractivity contribution in [1.82, 2.24) is 0 Å². The Hall–Kier alpha value is -3.82. The molecule has 0 spiro atoms. The minimum absolute atomic E-state index is 0.0943. The summed E-state index contributed by atoms with van der Waals surface area (Å²) in [6.07, 6.45) is -0.934. The molecule has 3 nitrogen and oxygen atoms in total. The largest absolute Gasteiger partial charge is 0.459 e. The lowest BCUT2D eigenvalue weighted by molar-refractivity contribution is 0.0723. The predicted octanol–water partition coefficient (Wildman–Crippen LogP) is 7.38. The van der Waals surface area contributed by atoms with Crippen molar-refractivity contribution >= 4 is 5.97 Å². The molecule has 3 aromatic rings. The van der Waals surface area contributed by atoms with Crippen LogP contribution in [0, 0.1) is 29.1 Å². The monoisotopic (exact) mass is 498 g/mol. The number of carbonyl (C=O) groups is 1. The van der Waals surface area contributed by atoms with Crippen LogP contribution in [0.25, 0.3) is 11.1 Å². The highest BCUT2D eigenvalue weighted by atomic mass is 19.3. The molecule has 3 aromatic carbocycles. The number of carbonyl (C=O) groups excluding carboxylic acids is 1. The molecule has 0 radical (unpaired) electrons. The molecule has 0 bridgehead atoms. The number of hydrogen-bond donors (Lipinski definition) is 0. The lowest BCUT2D eigenvalue weighted by Crippen LogP contribution is -2.14. The first-order valence-electron chi connectivity index (χ1n) is 10.2. The van der Waals surface area contributed by atoms with Gasteiger partial charge in [0.25, 0.3) is 6.43 Å². The summed E-state index contributed by atoms with van der Waals surface area (Å²) >= 11 is 0. The number of rotatable bonds is 8. The molecule has 0 fully saturated rings. The highest BCUT2D eigenvalue weighted by molar-refractivity contribution is 5.92.